The maximum atomic E-state index is 12.1. The fraction of sp³-hybridized carbons (Fsp3) is 0.750. The topological polar surface area (TPSA) is 81.2 Å². The van der Waals surface area contributed by atoms with Crippen LogP contribution in [0.1, 0.15) is 69.0 Å². The Labute approximate surface area is 127 Å². The molecule has 1 amide bonds. The number of aromatic nitrogens is 1. The van der Waals surface area contributed by atoms with Crippen molar-refractivity contribution < 1.29 is 9.32 Å². The van der Waals surface area contributed by atoms with Crippen LogP contribution >= 0.6 is 0 Å². The van der Waals surface area contributed by atoms with Gasteiger partial charge in [0, 0.05) is 12.0 Å². The second-order valence-corrected chi connectivity index (χ2v) is 5.80. The standard InChI is InChI=1S/C16H29N3O2/c1-5-6-14(9-10-17)7-8-15(20)18-11(2)16-12(3)19-21-13(16)4/h11,14H,5-10,17H2,1-4H3,(H,18,20). The second-order valence-electron chi connectivity index (χ2n) is 5.80. The van der Waals surface area contributed by atoms with E-state index in [1.54, 1.807) is 0 Å². The highest BCUT2D eigenvalue weighted by Gasteiger charge is 2.18. The van der Waals surface area contributed by atoms with Gasteiger partial charge in [-0.3, -0.25) is 4.79 Å². The minimum Gasteiger partial charge on any atom is -0.361 e. The van der Waals surface area contributed by atoms with Gasteiger partial charge in [-0.25, -0.2) is 0 Å². The second kappa shape index (κ2) is 8.82. The average molecular weight is 295 g/mol. The molecule has 21 heavy (non-hydrogen) atoms. The Kier molecular flexibility index (Phi) is 7.43. The van der Waals surface area contributed by atoms with Crippen molar-refractivity contribution in [1.82, 2.24) is 10.5 Å². The molecule has 3 N–H and O–H groups in total. The highest BCUT2D eigenvalue weighted by Crippen LogP contribution is 2.22. The van der Waals surface area contributed by atoms with E-state index >= 15 is 0 Å². The molecule has 5 heteroatoms. The fourth-order valence-corrected chi connectivity index (χ4v) is 2.91. The predicted molar refractivity (Wildman–Crippen MR) is 83.8 cm³/mol. The van der Waals surface area contributed by atoms with Crippen molar-refractivity contribution >= 4 is 5.91 Å². The number of hydrogen-bond donors (Lipinski definition) is 2. The van der Waals surface area contributed by atoms with Crippen molar-refractivity contribution in [2.24, 2.45) is 11.7 Å². The molecule has 0 aliphatic rings. The lowest BCUT2D eigenvalue weighted by atomic mass is 9.94. The molecule has 1 heterocycles. The minimum absolute atomic E-state index is 0.0668. The minimum atomic E-state index is -0.0668. The molecule has 0 radical (unpaired) electrons. The molecule has 0 spiro atoms. The zero-order chi connectivity index (χ0) is 15.8. The summed E-state index contributed by atoms with van der Waals surface area (Å²) in [7, 11) is 0. The summed E-state index contributed by atoms with van der Waals surface area (Å²) in [6.07, 6.45) is 4.75. The lowest BCUT2D eigenvalue weighted by Gasteiger charge is -2.17. The van der Waals surface area contributed by atoms with E-state index in [1.165, 1.54) is 0 Å². The van der Waals surface area contributed by atoms with Gasteiger partial charge in [0.25, 0.3) is 0 Å². The van der Waals surface area contributed by atoms with E-state index < -0.39 is 0 Å². The van der Waals surface area contributed by atoms with Crippen molar-refractivity contribution in [1.29, 1.82) is 0 Å². The van der Waals surface area contributed by atoms with E-state index in [0.29, 0.717) is 18.9 Å². The van der Waals surface area contributed by atoms with E-state index in [9.17, 15) is 4.79 Å². The number of aryl methyl sites for hydroxylation is 2. The number of hydrogen-bond acceptors (Lipinski definition) is 4. The van der Waals surface area contributed by atoms with Crippen LogP contribution in [-0.4, -0.2) is 17.6 Å². The van der Waals surface area contributed by atoms with E-state index in [0.717, 1.165) is 42.7 Å². The van der Waals surface area contributed by atoms with Crippen LogP contribution in [0.5, 0.6) is 0 Å². The van der Waals surface area contributed by atoms with E-state index in [1.807, 2.05) is 20.8 Å². The third-order valence-corrected chi connectivity index (χ3v) is 3.95. The SMILES string of the molecule is CCCC(CCN)CCC(=O)NC(C)c1c(C)noc1C. The van der Waals surface area contributed by atoms with Gasteiger partial charge in [0.15, 0.2) is 0 Å². The summed E-state index contributed by atoms with van der Waals surface area (Å²) in [5.74, 6) is 1.41. The Morgan fingerprint density at radius 1 is 1.33 bits per heavy atom. The summed E-state index contributed by atoms with van der Waals surface area (Å²) < 4.78 is 5.14. The first-order valence-corrected chi connectivity index (χ1v) is 7.91. The van der Waals surface area contributed by atoms with Gasteiger partial charge in [-0.05, 0) is 46.1 Å². The molecule has 0 saturated heterocycles. The van der Waals surface area contributed by atoms with Crippen molar-refractivity contribution in [3.05, 3.63) is 17.0 Å². The Morgan fingerprint density at radius 3 is 2.57 bits per heavy atom. The molecule has 0 aromatic carbocycles. The van der Waals surface area contributed by atoms with Crippen LogP contribution < -0.4 is 11.1 Å². The summed E-state index contributed by atoms with van der Waals surface area (Å²) >= 11 is 0. The number of carbonyl (C=O) groups excluding carboxylic acids is 1. The lowest BCUT2D eigenvalue weighted by molar-refractivity contribution is -0.122. The van der Waals surface area contributed by atoms with E-state index in [4.69, 9.17) is 10.3 Å². The van der Waals surface area contributed by atoms with Crippen molar-refractivity contribution in [2.75, 3.05) is 6.54 Å². The van der Waals surface area contributed by atoms with Gasteiger partial charge < -0.3 is 15.6 Å². The molecule has 2 unspecified atom stereocenters. The van der Waals surface area contributed by atoms with Crippen LogP contribution in [0.15, 0.2) is 4.52 Å². The summed E-state index contributed by atoms with van der Waals surface area (Å²) in [5, 5.41) is 6.96. The van der Waals surface area contributed by atoms with Gasteiger partial charge in [0.2, 0.25) is 5.91 Å². The first kappa shape index (κ1) is 17.7. The number of rotatable bonds is 9. The Bertz CT molecular complexity index is 417. The van der Waals surface area contributed by atoms with Gasteiger partial charge in [0.05, 0.1) is 11.7 Å². The summed E-state index contributed by atoms with van der Waals surface area (Å²) in [4.78, 5) is 12.1. The molecule has 1 rings (SSSR count). The van der Waals surface area contributed by atoms with E-state index in [-0.39, 0.29) is 11.9 Å². The molecule has 0 fully saturated rings. The quantitative estimate of drug-likeness (QED) is 0.733. The van der Waals surface area contributed by atoms with Gasteiger partial charge in [-0.15, -0.1) is 0 Å². The molecule has 1 aromatic rings. The molecule has 1 aromatic heterocycles. The molecule has 120 valence electrons. The van der Waals surface area contributed by atoms with Crippen LogP contribution in [0.2, 0.25) is 0 Å². The largest absolute Gasteiger partial charge is 0.361 e. The average Bonchev–Trinajstić information content (AvgIpc) is 2.76. The normalized spacial score (nSPS) is 14.0. The zero-order valence-electron chi connectivity index (χ0n) is 13.7. The summed E-state index contributed by atoms with van der Waals surface area (Å²) in [6.45, 7) is 8.60. The predicted octanol–water partition coefficient (Wildman–Crippen LogP) is 3.01. The highest BCUT2D eigenvalue weighted by molar-refractivity contribution is 5.76. The summed E-state index contributed by atoms with van der Waals surface area (Å²) in [6, 6.07) is -0.0668. The Morgan fingerprint density at radius 2 is 2.05 bits per heavy atom. The van der Waals surface area contributed by atoms with Crippen LogP contribution in [-0.2, 0) is 4.79 Å². The molecule has 5 nitrogen and oxygen atoms in total. The van der Waals surface area contributed by atoms with Crippen LogP contribution in [0, 0.1) is 19.8 Å². The third kappa shape index (κ3) is 5.50. The van der Waals surface area contributed by atoms with Crippen LogP contribution in [0.3, 0.4) is 0 Å². The van der Waals surface area contributed by atoms with Crippen LogP contribution in [0.25, 0.3) is 0 Å². The number of carbonyl (C=O) groups is 1. The maximum Gasteiger partial charge on any atom is 0.220 e. The molecular weight excluding hydrogens is 266 g/mol. The van der Waals surface area contributed by atoms with Crippen molar-refractivity contribution in [3.8, 4) is 0 Å². The first-order valence-electron chi connectivity index (χ1n) is 7.91. The molecule has 0 aliphatic heterocycles. The monoisotopic (exact) mass is 295 g/mol. The van der Waals surface area contributed by atoms with Crippen molar-refractivity contribution in [2.45, 2.75) is 65.8 Å². The molecule has 0 bridgehead atoms. The fourth-order valence-electron chi connectivity index (χ4n) is 2.91. The van der Waals surface area contributed by atoms with Gasteiger partial charge in [-0.1, -0.05) is 24.9 Å². The Balaban J connectivity index is 2.46. The van der Waals surface area contributed by atoms with E-state index in [2.05, 4.69) is 17.4 Å². The highest BCUT2D eigenvalue weighted by atomic mass is 16.5. The smallest absolute Gasteiger partial charge is 0.220 e. The van der Waals surface area contributed by atoms with Crippen molar-refractivity contribution in [3.63, 3.8) is 0 Å². The zero-order valence-corrected chi connectivity index (χ0v) is 13.7. The number of amides is 1. The molecule has 0 saturated carbocycles. The Hall–Kier alpha value is -1.36. The number of nitrogens with two attached hydrogens (primary N) is 1. The number of nitrogens with one attached hydrogen (secondary N) is 1. The molecule has 2 atom stereocenters. The first-order chi connectivity index (χ1) is 9.99. The molecular formula is C16H29N3O2. The lowest BCUT2D eigenvalue weighted by Crippen LogP contribution is -2.27. The third-order valence-electron chi connectivity index (χ3n) is 3.95. The van der Waals surface area contributed by atoms with Gasteiger partial charge >= 0.3 is 0 Å². The molecule has 0 aliphatic carbocycles. The van der Waals surface area contributed by atoms with Crippen LogP contribution in [0.4, 0.5) is 0 Å². The van der Waals surface area contributed by atoms with Gasteiger partial charge in [0.1, 0.15) is 5.76 Å². The maximum absolute atomic E-state index is 12.1. The van der Waals surface area contributed by atoms with Gasteiger partial charge in [-0.2, -0.15) is 0 Å². The number of nitrogens with zero attached hydrogens (tertiary/aromatic N) is 1. The summed E-state index contributed by atoms with van der Waals surface area (Å²) in [5.41, 5.74) is 7.45.